The van der Waals surface area contributed by atoms with E-state index in [0.29, 0.717) is 11.5 Å². The van der Waals surface area contributed by atoms with Crippen molar-refractivity contribution in [2.45, 2.75) is 20.3 Å². The highest BCUT2D eigenvalue weighted by Gasteiger charge is 2.02. The first-order valence-corrected chi connectivity index (χ1v) is 8.86. The second-order valence-corrected chi connectivity index (χ2v) is 6.49. The highest BCUT2D eigenvalue weighted by atomic mass is 16.5. The van der Waals surface area contributed by atoms with Crippen LogP contribution in [-0.2, 0) is 0 Å². The molecule has 0 fully saturated rings. The van der Waals surface area contributed by atoms with Gasteiger partial charge in [-0.25, -0.2) is 0 Å². The van der Waals surface area contributed by atoms with Crippen LogP contribution in [-0.4, -0.2) is 6.61 Å². The lowest BCUT2D eigenvalue weighted by Crippen LogP contribution is -2.06. The fraction of sp³-hybridized carbons (Fsp3) is 0.208. The highest BCUT2D eigenvalue weighted by molar-refractivity contribution is 5.85. The Labute approximate surface area is 155 Å². The van der Waals surface area contributed by atoms with Gasteiger partial charge in [-0.05, 0) is 65.2 Å². The maximum Gasteiger partial charge on any atom is 0.119 e. The van der Waals surface area contributed by atoms with Crippen LogP contribution in [0.2, 0.25) is 0 Å². The Hall–Kier alpha value is -3.23. The van der Waals surface area contributed by atoms with Crippen molar-refractivity contribution in [2.75, 3.05) is 6.61 Å². The number of fused-ring (bicyclic) bond motifs is 1. The van der Waals surface area contributed by atoms with Gasteiger partial charge in [0.25, 0.3) is 0 Å². The van der Waals surface area contributed by atoms with Crippen LogP contribution in [0.3, 0.4) is 0 Å². The predicted octanol–water partition coefficient (Wildman–Crippen LogP) is 5.54. The Balaban J connectivity index is 1.77. The van der Waals surface area contributed by atoms with E-state index in [9.17, 15) is 0 Å². The quantitative estimate of drug-likeness (QED) is 0.585. The normalized spacial score (nSPS) is 11.3. The molecule has 1 atom stereocenters. The molecule has 0 aliphatic heterocycles. The molecule has 0 heterocycles. The third kappa shape index (κ3) is 4.44. The second kappa shape index (κ2) is 8.24. The van der Waals surface area contributed by atoms with Gasteiger partial charge >= 0.3 is 0 Å². The monoisotopic (exact) mass is 339 g/mol. The van der Waals surface area contributed by atoms with Gasteiger partial charge in [0.05, 0.1) is 18.2 Å². The molecule has 26 heavy (non-hydrogen) atoms. The third-order valence-corrected chi connectivity index (χ3v) is 4.41. The standard InChI is InChI=1S/C24H21NO/c1-3-18(2)17-26-24-13-12-22-14-20(10-11-23(22)15-24)7-4-19-5-8-21(16-25)9-6-19/h5-6,8-15,18H,3,17H2,1-2H3/t18-/m0/s1. The van der Waals surface area contributed by atoms with Crippen molar-refractivity contribution in [1.29, 1.82) is 5.26 Å². The van der Waals surface area contributed by atoms with E-state index in [1.54, 1.807) is 12.1 Å². The molecule has 0 spiro atoms. The minimum absolute atomic E-state index is 0.561. The molecule has 0 saturated heterocycles. The molecule has 0 aromatic heterocycles. The Morgan fingerprint density at radius 1 is 0.846 bits per heavy atom. The average Bonchev–Trinajstić information content (AvgIpc) is 2.70. The van der Waals surface area contributed by atoms with E-state index in [1.807, 2.05) is 24.3 Å². The van der Waals surface area contributed by atoms with Crippen LogP contribution in [0.25, 0.3) is 10.8 Å². The minimum atomic E-state index is 0.561. The Kier molecular flexibility index (Phi) is 5.57. The molecule has 0 bridgehead atoms. The van der Waals surface area contributed by atoms with Crippen LogP contribution in [0.4, 0.5) is 0 Å². The van der Waals surface area contributed by atoms with Crippen molar-refractivity contribution in [2.24, 2.45) is 5.92 Å². The lowest BCUT2D eigenvalue weighted by molar-refractivity contribution is 0.257. The van der Waals surface area contributed by atoms with Gasteiger partial charge < -0.3 is 4.74 Å². The molecule has 3 aromatic rings. The van der Waals surface area contributed by atoms with Crippen LogP contribution in [0.5, 0.6) is 5.75 Å². The van der Waals surface area contributed by atoms with Gasteiger partial charge in [-0.1, -0.05) is 44.2 Å². The Morgan fingerprint density at radius 3 is 2.19 bits per heavy atom. The first-order chi connectivity index (χ1) is 12.7. The molecule has 2 nitrogen and oxygen atoms in total. The van der Waals surface area contributed by atoms with E-state index in [1.165, 1.54) is 0 Å². The summed E-state index contributed by atoms with van der Waals surface area (Å²) < 4.78 is 5.87. The van der Waals surface area contributed by atoms with Crippen LogP contribution in [0.15, 0.2) is 60.7 Å². The number of hydrogen-bond acceptors (Lipinski definition) is 2. The fourth-order valence-electron chi connectivity index (χ4n) is 2.52. The molecule has 0 saturated carbocycles. The van der Waals surface area contributed by atoms with E-state index in [0.717, 1.165) is 40.7 Å². The molecule has 0 aliphatic rings. The van der Waals surface area contributed by atoms with E-state index < -0.39 is 0 Å². The maximum absolute atomic E-state index is 8.83. The summed E-state index contributed by atoms with van der Waals surface area (Å²) in [7, 11) is 0. The molecule has 3 rings (SSSR count). The zero-order valence-electron chi connectivity index (χ0n) is 15.1. The summed E-state index contributed by atoms with van der Waals surface area (Å²) in [5.74, 6) is 7.80. The van der Waals surface area contributed by atoms with Crippen molar-refractivity contribution in [3.8, 4) is 23.7 Å². The lowest BCUT2D eigenvalue weighted by Gasteiger charge is -2.11. The van der Waals surface area contributed by atoms with Crippen LogP contribution >= 0.6 is 0 Å². The van der Waals surface area contributed by atoms with Gasteiger partial charge in [-0.2, -0.15) is 5.26 Å². The first kappa shape index (κ1) is 17.6. The summed E-state index contributed by atoms with van der Waals surface area (Å²) >= 11 is 0. The second-order valence-electron chi connectivity index (χ2n) is 6.49. The van der Waals surface area contributed by atoms with Crippen LogP contribution < -0.4 is 4.74 Å². The molecule has 3 aromatic carbocycles. The molecule has 0 aliphatic carbocycles. The summed E-state index contributed by atoms with van der Waals surface area (Å²) in [5, 5.41) is 11.1. The van der Waals surface area contributed by atoms with Gasteiger partial charge in [-0.3, -0.25) is 0 Å². The number of ether oxygens (including phenoxy) is 1. The number of nitriles is 1. The van der Waals surface area contributed by atoms with Crippen molar-refractivity contribution in [1.82, 2.24) is 0 Å². The average molecular weight is 339 g/mol. The summed E-state index contributed by atoms with van der Waals surface area (Å²) in [6.07, 6.45) is 1.12. The first-order valence-electron chi connectivity index (χ1n) is 8.86. The van der Waals surface area contributed by atoms with Gasteiger partial charge in [0.2, 0.25) is 0 Å². The molecule has 2 heteroatoms. The number of benzene rings is 3. The SMILES string of the molecule is CC[C@H](C)COc1ccc2cc(C#Cc3ccc(C#N)cc3)ccc2c1. The van der Waals surface area contributed by atoms with Gasteiger partial charge in [0.1, 0.15) is 5.75 Å². The third-order valence-electron chi connectivity index (χ3n) is 4.41. The minimum Gasteiger partial charge on any atom is -0.493 e. The molecular formula is C24H21NO. The lowest BCUT2D eigenvalue weighted by atomic mass is 10.1. The molecule has 0 amide bonds. The van der Waals surface area contributed by atoms with Gasteiger partial charge in [-0.15, -0.1) is 0 Å². The molecule has 0 N–H and O–H groups in total. The van der Waals surface area contributed by atoms with E-state index in [4.69, 9.17) is 10.00 Å². The fourth-order valence-corrected chi connectivity index (χ4v) is 2.52. The highest BCUT2D eigenvalue weighted by Crippen LogP contribution is 2.22. The van der Waals surface area contributed by atoms with Crippen LogP contribution in [0, 0.1) is 29.1 Å². The van der Waals surface area contributed by atoms with E-state index >= 15 is 0 Å². The molecule has 0 unspecified atom stereocenters. The molecular weight excluding hydrogens is 318 g/mol. The predicted molar refractivity (Wildman–Crippen MR) is 106 cm³/mol. The zero-order valence-corrected chi connectivity index (χ0v) is 15.1. The molecule has 128 valence electrons. The van der Waals surface area contributed by atoms with Crippen molar-refractivity contribution < 1.29 is 4.74 Å². The summed E-state index contributed by atoms with van der Waals surface area (Å²) in [5.41, 5.74) is 2.51. The topological polar surface area (TPSA) is 33.0 Å². The molecule has 0 radical (unpaired) electrons. The smallest absolute Gasteiger partial charge is 0.119 e. The summed E-state index contributed by atoms with van der Waals surface area (Å²) in [6.45, 7) is 5.12. The number of nitrogens with zero attached hydrogens (tertiary/aromatic N) is 1. The Morgan fingerprint density at radius 2 is 1.46 bits per heavy atom. The Bertz CT molecular complexity index is 1000. The number of hydrogen-bond donors (Lipinski definition) is 0. The van der Waals surface area contributed by atoms with Crippen molar-refractivity contribution in [3.05, 3.63) is 77.4 Å². The van der Waals surface area contributed by atoms with E-state index in [2.05, 4.69) is 56.0 Å². The van der Waals surface area contributed by atoms with Gasteiger partial charge in [0, 0.05) is 11.1 Å². The largest absolute Gasteiger partial charge is 0.493 e. The van der Waals surface area contributed by atoms with Crippen molar-refractivity contribution in [3.63, 3.8) is 0 Å². The maximum atomic E-state index is 8.83. The van der Waals surface area contributed by atoms with Gasteiger partial charge in [0.15, 0.2) is 0 Å². The number of rotatable bonds is 4. The summed E-state index contributed by atoms with van der Waals surface area (Å²) in [4.78, 5) is 0. The van der Waals surface area contributed by atoms with Crippen LogP contribution in [0.1, 0.15) is 37.0 Å². The zero-order chi connectivity index (χ0) is 18.4. The van der Waals surface area contributed by atoms with E-state index in [-0.39, 0.29) is 0 Å². The summed E-state index contributed by atoms with van der Waals surface area (Å²) in [6, 6.07) is 21.8. The van der Waals surface area contributed by atoms with Crippen molar-refractivity contribution >= 4 is 10.8 Å².